The van der Waals surface area contributed by atoms with Crippen LogP contribution in [0.5, 0.6) is 0 Å². The van der Waals surface area contributed by atoms with Crippen LogP contribution in [0.25, 0.3) is 0 Å². The molecule has 0 saturated carbocycles. The number of carbonyl (C=O) groups is 1. The Morgan fingerprint density at radius 1 is 1.79 bits per heavy atom. The van der Waals surface area contributed by atoms with Gasteiger partial charge < -0.3 is 4.74 Å². The van der Waals surface area contributed by atoms with Crippen molar-refractivity contribution < 1.29 is 9.53 Å². The Kier molecular flexibility index (Phi) is 3.43. The van der Waals surface area contributed by atoms with Gasteiger partial charge >= 0.3 is 5.97 Å². The zero-order chi connectivity index (χ0) is 10.6. The number of carbonyl (C=O) groups excluding carboxylic acids is 1. The van der Waals surface area contributed by atoms with Crippen molar-refractivity contribution >= 4 is 17.6 Å². The van der Waals surface area contributed by atoms with E-state index >= 15 is 0 Å². The van der Waals surface area contributed by atoms with E-state index in [9.17, 15) is 4.79 Å². The number of aromatic nitrogens is 1. The van der Waals surface area contributed by atoms with Crippen molar-refractivity contribution in [3.8, 4) is 6.07 Å². The lowest BCUT2D eigenvalue weighted by molar-refractivity contribution is -0.139. The van der Waals surface area contributed by atoms with Crippen LogP contribution in [0.2, 0.25) is 5.02 Å². The predicted octanol–water partition coefficient (Wildman–Crippen LogP) is 1.32. The predicted molar refractivity (Wildman–Crippen MR) is 49.7 cm³/mol. The summed E-state index contributed by atoms with van der Waals surface area (Å²) in [6.07, 6.45) is 1.40. The Morgan fingerprint density at radius 3 is 3.07 bits per heavy atom. The number of ether oxygens (including phenoxy) is 1. The molecule has 0 aliphatic rings. The highest BCUT2D eigenvalue weighted by Gasteiger charge is 2.11. The summed E-state index contributed by atoms with van der Waals surface area (Å²) < 4.78 is 4.46. The van der Waals surface area contributed by atoms with Crippen LogP contribution < -0.4 is 0 Å². The summed E-state index contributed by atoms with van der Waals surface area (Å²) in [5.41, 5.74) is 0.561. The summed E-state index contributed by atoms with van der Waals surface area (Å²) in [7, 11) is 1.28. The van der Waals surface area contributed by atoms with Crippen molar-refractivity contribution in [3.05, 3.63) is 28.5 Å². The van der Waals surface area contributed by atoms with Gasteiger partial charge in [-0.3, -0.25) is 9.78 Å². The SMILES string of the molecule is COC(=O)Cc1nccc(Cl)c1C#N. The van der Waals surface area contributed by atoms with Gasteiger partial charge in [-0.05, 0) is 6.07 Å². The molecule has 1 aromatic heterocycles. The van der Waals surface area contributed by atoms with Gasteiger partial charge in [-0.15, -0.1) is 0 Å². The third-order valence-electron chi connectivity index (χ3n) is 1.63. The molecule has 1 aromatic rings. The van der Waals surface area contributed by atoms with E-state index in [0.29, 0.717) is 10.7 Å². The molecule has 1 heterocycles. The van der Waals surface area contributed by atoms with E-state index in [1.807, 2.05) is 6.07 Å². The van der Waals surface area contributed by atoms with E-state index in [2.05, 4.69) is 9.72 Å². The quantitative estimate of drug-likeness (QED) is 0.691. The number of esters is 1. The molecule has 0 N–H and O–H groups in total. The molecule has 0 unspecified atom stereocenters. The Balaban J connectivity index is 3.04. The average Bonchev–Trinajstić information content (AvgIpc) is 2.18. The zero-order valence-corrected chi connectivity index (χ0v) is 8.21. The maximum absolute atomic E-state index is 10.9. The second-order valence-electron chi connectivity index (χ2n) is 2.48. The first-order valence-electron chi connectivity index (χ1n) is 3.79. The molecular formula is C9H7ClN2O2. The number of halogens is 1. The molecular weight excluding hydrogens is 204 g/mol. The molecule has 0 amide bonds. The third-order valence-corrected chi connectivity index (χ3v) is 1.94. The Hall–Kier alpha value is -1.60. The van der Waals surface area contributed by atoms with Crippen molar-refractivity contribution in [2.45, 2.75) is 6.42 Å². The fourth-order valence-corrected chi connectivity index (χ4v) is 1.15. The van der Waals surface area contributed by atoms with Gasteiger partial charge in [0, 0.05) is 6.20 Å². The Bertz CT molecular complexity index is 398. The van der Waals surface area contributed by atoms with Crippen molar-refractivity contribution in [1.29, 1.82) is 5.26 Å². The molecule has 14 heavy (non-hydrogen) atoms. The maximum atomic E-state index is 10.9. The number of hydrogen-bond donors (Lipinski definition) is 0. The molecule has 0 saturated heterocycles. The van der Waals surface area contributed by atoms with Gasteiger partial charge in [-0.2, -0.15) is 5.26 Å². The van der Waals surface area contributed by atoms with Crippen LogP contribution in [0, 0.1) is 11.3 Å². The summed E-state index contributed by atoms with van der Waals surface area (Å²) in [5, 5.41) is 9.05. The van der Waals surface area contributed by atoms with Gasteiger partial charge in [0.2, 0.25) is 0 Å². The highest BCUT2D eigenvalue weighted by Crippen LogP contribution is 2.17. The van der Waals surface area contributed by atoms with E-state index in [0.717, 1.165) is 0 Å². The zero-order valence-electron chi connectivity index (χ0n) is 7.45. The van der Waals surface area contributed by atoms with Crippen LogP contribution >= 0.6 is 11.6 Å². The van der Waals surface area contributed by atoms with Crippen LogP contribution in [0.3, 0.4) is 0 Å². The van der Waals surface area contributed by atoms with E-state index in [4.69, 9.17) is 16.9 Å². The number of methoxy groups -OCH3 is 1. The molecule has 0 spiro atoms. The first kappa shape index (κ1) is 10.5. The lowest BCUT2D eigenvalue weighted by atomic mass is 10.1. The molecule has 0 bridgehead atoms. The molecule has 0 aromatic carbocycles. The third kappa shape index (κ3) is 2.21. The van der Waals surface area contributed by atoms with Gasteiger partial charge in [-0.1, -0.05) is 11.6 Å². The lowest BCUT2D eigenvalue weighted by Crippen LogP contribution is -2.07. The normalized spacial score (nSPS) is 9.21. The number of hydrogen-bond acceptors (Lipinski definition) is 4. The monoisotopic (exact) mass is 210 g/mol. The van der Waals surface area contributed by atoms with Crippen molar-refractivity contribution in [2.75, 3.05) is 7.11 Å². The molecule has 4 nitrogen and oxygen atoms in total. The summed E-state index contributed by atoms with van der Waals surface area (Å²) in [4.78, 5) is 14.8. The molecule has 1 rings (SSSR count). The van der Waals surface area contributed by atoms with Crippen LogP contribution in [0.15, 0.2) is 12.3 Å². The average molecular weight is 211 g/mol. The number of pyridine rings is 1. The fraction of sp³-hybridized carbons (Fsp3) is 0.222. The van der Waals surface area contributed by atoms with Crippen LogP contribution in [0.4, 0.5) is 0 Å². The summed E-state index contributed by atoms with van der Waals surface area (Å²) in [6.45, 7) is 0. The Labute approximate surface area is 86.1 Å². The number of rotatable bonds is 2. The van der Waals surface area contributed by atoms with Crippen LogP contribution in [-0.4, -0.2) is 18.1 Å². The molecule has 72 valence electrons. The molecule has 5 heteroatoms. The number of nitrogens with zero attached hydrogens (tertiary/aromatic N) is 2. The highest BCUT2D eigenvalue weighted by molar-refractivity contribution is 6.31. The molecule has 0 fully saturated rings. The van der Waals surface area contributed by atoms with Gasteiger partial charge in [0.25, 0.3) is 0 Å². The topological polar surface area (TPSA) is 63.0 Å². The van der Waals surface area contributed by atoms with Crippen molar-refractivity contribution in [1.82, 2.24) is 4.98 Å². The second kappa shape index (κ2) is 4.58. The minimum atomic E-state index is -0.448. The molecule has 0 aliphatic heterocycles. The van der Waals surface area contributed by atoms with Gasteiger partial charge in [-0.25, -0.2) is 0 Å². The summed E-state index contributed by atoms with van der Waals surface area (Å²) in [5.74, 6) is -0.448. The number of nitriles is 1. The molecule has 0 aliphatic carbocycles. The van der Waals surface area contributed by atoms with E-state index in [1.54, 1.807) is 0 Å². The van der Waals surface area contributed by atoms with Crippen LogP contribution in [-0.2, 0) is 16.0 Å². The van der Waals surface area contributed by atoms with E-state index < -0.39 is 5.97 Å². The van der Waals surface area contributed by atoms with Gasteiger partial charge in [0.15, 0.2) is 0 Å². The summed E-state index contributed by atoms with van der Waals surface area (Å²) >= 11 is 5.74. The minimum absolute atomic E-state index is 0.0417. The van der Waals surface area contributed by atoms with Crippen molar-refractivity contribution in [3.63, 3.8) is 0 Å². The lowest BCUT2D eigenvalue weighted by Gasteiger charge is -2.02. The van der Waals surface area contributed by atoms with Gasteiger partial charge in [0.05, 0.1) is 29.8 Å². The minimum Gasteiger partial charge on any atom is -0.469 e. The first-order valence-corrected chi connectivity index (χ1v) is 4.17. The van der Waals surface area contributed by atoms with E-state index in [-0.39, 0.29) is 12.0 Å². The van der Waals surface area contributed by atoms with Crippen molar-refractivity contribution in [2.24, 2.45) is 0 Å². The standard InChI is InChI=1S/C9H7ClN2O2/c1-14-9(13)4-8-6(5-11)7(10)2-3-12-8/h2-3H,4H2,1H3. The molecule has 0 radical (unpaired) electrons. The van der Waals surface area contributed by atoms with Crippen LogP contribution in [0.1, 0.15) is 11.3 Å². The first-order chi connectivity index (χ1) is 6.69. The second-order valence-corrected chi connectivity index (χ2v) is 2.89. The fourth-order valence-electron chi connectivity index (χ4n) is 0.939. The highest BCUT2D eigenvalue weighted by atomic mass is 35.5. The summed E-state index contributed by atoms with van der Waals surface area (Å²) in [6, 6.07) is 3.39. The molecule has 0 atom stereocenters. The largest absolute Gasteiger partial charge is 0.469 e. The van der Waals surface area contributed by atoms with Gasteiger partial charge in [0.1, 0.15) is 6.07 Å². The Morgan fingerprint density at radius 2 is 2.50 bits per heavy atom. The smallest absolute Gasteiger partial charge is 0.311 e. The van der Waals surface area contributed by atoms with E-state index in [1.165, 1.54) is 19.4 Å². The maximum Gasteiger partial charge on any atom is 0.311 e.